The third-order valence-corrected chi connectivity index (χ3v) is 3.26. The van der Waals surface area contributed by atoms with Crippen molar-refractivity contribution in [3.63, 3.8) is 0 Å². The van der Waals surface area contributed by atoms with Gasteiger partial charge in [0.15, 0.2) is 0 Å². The lowest BCUT2D eigenvalue weighted by atomic mass is 10.2. The zero-order chi connectivity index (χ0) is 13.9. The van der Waals surface area contributed by atoms with Crippen LogP contribution in [0.2, 0.25) is 0 Å². The van der Waals surface area contributed by atoms with E-state index in [0.717, 1.165) is 22.9 Å². The van der Waals surface area contributed by atoms with Crippen LogP contribution in [0, 0.1) is 0 Å². The van der Waals surface area contributed by atoms with Crippen molar-refractivity contribution >= 4 is 17.2 Å². The molecule has 0 N–H and O–H groups in total. The van der Waals surface area contributed by atoms with Crippen LogP contribution in [0.25, 0.3) is 10.9 Å². The third-order valence-electron chi connectivity index (χ3n) is 3.26. The van der Waals surface area contributed by atoms with Gasteiger partial charge in [-0.15, -0.1) is 0 Å². The van der Waals surface area contributed by atoms with E-state index in [2.05, 4.69) is 9.55 Å². The molecule has 2 heterocycles. The minimum Gasteiger partial charge on any atom is -0.481 e. The van der Waals surface area contributed by atoms with Gasteiger partial charge in [0, 0.05) is 23.3 Å². The van der Waals surface area contributed by atoms with Crippen LogP contribution in [0.3, 0.4) is 0 Å². The molecule has 0 aliphatic rings. The number of pyridine rings is 1. The molecule has 0 spiro atoms. The fourth-order valence-electron chi connectivity index (χ4n) is 2.25. The molecule has 2 aromatic heterocycles. The molecule has 1 aromatic carbocycles. The number of rotatable bonds is 4. The van der Waals surface area contributed by atoms with Crippen LogP contribution in [0.15, 0.2) is 48.7 Å². The second-order valence-corrected chi connectivity index (χ2v) is 4.55. The fourth-order valence-corrected chi connectivity index (χ4v) is 2.25. The highest BCUT2D eigenvalue weighted by Gasteiger charge is 2.04. The number of carbonyl (C=O) groups excluding carboxylic acids is 1. The van der Waals surface area contributed by atoms with Crippen molar-refractivity contribution in [2.24, 2.45) is 0 Å². The molecule has 4 heteroatoms. The van der Waals surface area contributed by atoms with Gasteiger partial charge in [-0.05, 0) is 23.6 Å². The minimum absolute atomic E-state index is 0.604. The smallest absolute Gasteiger partial charge is 0.213 e. The Labute approximate surface area is 116 Å². The monoisotopic (exact) mass is 266 g/mol. The van der Waals surface area contributed by atoms with E-state index in [4.69, 9.17) is 4.74 Å². The highest BCUT2D eigenvalue weighted by molar-refractivity contribution is 5.87. The van der Waals surface area contributed by atoms with Crippen LogP contribution in [-0.4, -0.2) is 22.9 Å². The van der Waals surface area contributed by atoms with Crippen molar-refractivity contribution in [2.75, 3.05) is 7.11 Å². The van der Waals surface area contributed by atoms with Crippen molar-refractivity contribution in [1.29, 1.82) is 0 Å². The highest BCUT2D eigenvalue weighted by atomic mass is 16.5. The average molecular weight is 266 g/mol. The van der Waals surface area contributed by atoms with Crippen LogP contribution >= 0.6 is 0 Å². The molecule has 20 heavy (non-hydrogen) atoms. The molecule has 0 aliphatic carbocycles. The maximum atomic E-state index is 10.9. The zero-order valence-corrected chi connectivity index (χ0v) is 11.1. The summed E-state index contributed by atoms with van der Waals surface area (Å²) in [6.07, 6.45) is 2.86. The molecular formula is C16H14N2O2. The van der Waals surface area contributed by atoms with Gasteiger partial charge in [0.2, 0.25) is 5.88 Å². The zero-order valence-electron chi connectivity index (χ0n) is 11.1. The summed E-state index contributed by atoms with van der Waals surface area (Å²) in [4.78, 5) is 15.3. The summed E-state index contributed by atoms with van der Waals surface area (Å²) in [5, 5.41) is 1.11. The molecule has 0 saturated carbocycles. The van der Waals surface area contributed by atoms with Gasteiger partial charge in [0.05, 0.1) is 19.3 Å². The van der Waals surface area contributed by atoms with Gasteiger partial charge < -0.3 is 9.30 Å². The first-order valence-electron chi connectivity index (χ1n) is 6.34. The van der Waals surface area contributed by atoms with E-state index < -0.39 is 0 Å². The normalized spacial score (nSPS) is 10.7. The number of benzene rings is 1. The van der Waals surface area contributed by atoms with E-state index in [0.29, 0.717) is 18.0 Å². The molecule has 4 nitrogen and oxygen atoms in total. The largest absolute Gasteiger partial charge is 0.481 e. The molecule has 3 aromatic rings. The number of nitrogens with zero attached hydrogens (tertiary/aromatic N) is 2. The van der Waals surface area contributed by atoms with E-state index in [1.807, 2.05) is 48.7 Å². The van der Waals surface area contributed by atoms with E-state index in [-0.39, 0.29) is 0 Å². The van der Waals surface area contributed by atoms with Crippen LogP contribution in [-0.2, 0) is 6.54 Å². The molecule has 0 aliphatic heterocycles. The lowest BCUT2D eigenvalue weighted by molar-refractivity contribution is 0.112. The Morgan fingerprint density at radius 3 is 2.95 bits per heavy atom. The number of aldehydes is 1. The molecule has 3 rings (SSSR count). The number of carbonyl (C=O) groups is 1. The van der Waals surface area contributed by atoms with Crippen LogP contribution < -0.4 is 4.74 Å². The predicted molar refractivity (Wildman–Crippen MR) is 77.2 cm³/mol. The van der Waals surface area contributed by atoms with Crippen molar-refractivity contribution in [1.82, 2.24) is 9.55 Å². The number of hydrogen-bond acceptors (Lipinski definition) is 3. The van der Waals surface area contributed by atoms with Crippen LogP contribution in [0.1, 0.15) is 16.1 Å². The SMILES string of the molecule is COc1cccc(Cn2ccc3ccc(C=O)cc32)n1. The first-order chi connectivity index (χ1) is 9.80. The summed E-state index contributed by atoms with van der Waals surface area (Å²) < 4.78 is 7.20. The highest BCUT2D eigenvalue weighted by Crippen LogP contribution is 2.18. The maximum absolute atomic E-state index is 10.9. The van der Waals surface area contributed by atoms with Crippen molar-refractivity contribution in [3.05, 3.63) is 59.9 Å². The fraction of sp³-hybridized carbons (Fsp3) is 0.125. The summed E-state index contributed by atoms with van der Waals surface area (Å²) in [5.74, 6) is 0.604. The Kier molecular flexibility index (Phi) is 3.21. The molecule has 0 unspecified atom stereocenters. The van der Waals surface area contributed by atoms with Gasteiger partial charge in [0.25, 0.3) is 0 Å². The summed E-state index contributed by atoms with van der Waals surface area (Å²) in [6, 6.07) is 13.4. The number of fused-ring (bicyclic) bond motifs is 1. The van der Waals surface area contributed by atoms with Gasteiger partial charge in [-0.2, -0.15) is 0 Å². The van der Waals surface area contributed by atoms with Gasteiger partial charge in [0.1, 0.15) is 6.29 Å². The molecule has 0 radical (unpaired) electrons. The third kappa shape index (κ3) is 2.28. The van der Waals surface area contributed by atoms with Gasteiger partial charge in [-0.1, -0.05) is 18.2 Å². The molecule has 0 fully saturated rings. The Hall–Kier alpha value is -2.62. The molecule has 0 amide bonds. The van der Waals surface area contributed by atoms with Crippen LogP contribution in [0.4, 0.5) is 0 Å². The van der Waals surface area contributed by atoms with Crippen molar-refractivity contribution in [2.45, 2.75) is 6.54 Å². The Bertz CT molecular complexity index is 762. The predicted octanol–water partition coefficient (Wildman–Crippen LogP) is 2.91. The summed E-state index contributed by atoms with van der Waals surface area (Å²) in [7, 11) is 1.60. The second kappa shape index (κ2) is 5.17. The van der Waals surface area contributed by atoms with Gasteiger partial charge in [-0.25, -0.2) is 4.98 Å². The molecule has 0 saturated heterocycles. The summed E-state index contributed by atoms with van der Waals surface area (Å²) in [5.41, 5.74) is 2.62. The average Bonchev–Trinajstić information content (AvgIpc) is 2.89. The van der Waals surface area contributed by atoms with E-state index in [1.165, 1.54) is 0 Å². The first kappa shape index (κ1) is 12.4. The van der Waals surface area contributed by atoms with E-state index in [9.17, 15) is 4.79 Å². The first-order valence-corrected chi connectivity index (χ1v) is 6.34. The maximum Gasteiger partial charge on any atom is 0.213 e. The van der Waals surface area contributed by atoms with E-state index >= 15 is 0 Å². The standard InChI is InChI=1S/C16H14N2O2/c1-20-16-4-2-3-14(17-16)10-18-8-7-13-6-5-12(11-19)9-15(13)18/h2-9,11H,10H2,1H3. The molecular weight excluding hydrogens is 252 g/mol. The Balaban J connectivity index is 1.99. The quantitative estimate of drug-likeness (QED) is 0.682. The number of ether oxygens (including phenoxy) is 1. The number of methoxy groups -OCH3 is 1. The van der Waals surface area contributed by atoms with E-state index in [1.54, 1.807) is 7.11 Å². The second-order valence-electron chi connectivity index (χ2n) is 4.55. The lowest BCUT2D eigenvalue weighted by Crippen LogP contribution is -2.01. The summed E-state index contributed by atoms with van der Waals surface area (Å²) >= 11 is 0. The molecule has 100 valence electrons. The topological polar surface area (TPSA) is 44.1 Å². The molecule has 0 bridgehead atoms. The minimum atomic E-state index is 0.604. The summed E-state index contributed by atoms with van der Waals surface area (Å²) in [6.45, 7) is 0.642. The lowest BCUT2D eigenvalue weighted by Gasteiger charge is -2.07. The number of hydrogen-bond donors (Lipinski definition) is 0. The Morgan fingerprint density at radius 2 is 2.15 bits per heavy atom. The van der Waals surface area contributed by atoms with Crippen LogP contribution in [0.5, 0.6) is 5.88 Å². The molecule has 0 atom stereocenters. The van der Waals surface area contributed by atoms with Crippen molar-refractivity contribution in [3.8, 4) is 5.88 Å². The number of aromatic nitrogens is 2. The van der Waals surface area contributed by atoms with Gasteiger partial charge >= 0.3 is 0 Å². The van der Waals surface area contributed by atoms with Crippen molar-refractivity contribution < 1.29 is 9.53 Å². The van der Waals surface area contributed by atoms with Gasteiger partial charge in [-0.3, -0.25) is 4.79 Å². The Morgan fingerprint density at radius 1 is 1.25 bits per heavy atom.